The van der Waals surface area contributed by atoms with Crippen LogP contribution in [0.2, 0.25) is 0 Å². The Morgan fingerprint density at radius 2 is 0.629 bits per heavy atom. The van der Waals surface area contributed by atoms with E-state index in [4.69, 9.17) is 4.55 Å². The van der Waals surface area contributed by atoms with Gasteiger partial charge in [-0.15, -0.1) is 0 Å². The second-order valence-corrected chi connectivity index (χ2v) is 13.2. The summed E-state index contributed by atoms with van der Waals surface area (Å²) < 4.78 is 29.2. The first kappa shape index (κ1) is 24.6. The van der Waals surface area contributed by atoms with Gasteiger partial charge in [-0.05, 0) is 12.1 Å². The maximum absolute atomic E-state index is 10.4. The minimum absolute atomic E-state index is 0.0741. The number of rotatable bonds is 5. The molecular weight excluding hydrogens is 471 g/mol. The zero-order valence-electron chi connectivity index (χ0n) is 19.1. The fourth-order valence-corrected chi connectivity index (χ4v) is 9.62. The summed E-state index contributed by atoms with van der Waals surface area (Å²) in [5, 5.41) is 5.66. The van der Waals surface area contributed by atoms with E-state index in [2.05, 4.69) is 121 Å². The molecule has 0 fully saturated rings. The molecule has 0 saturated carbocycles. The van der Waals surface area contributed by atoms with Gasteiger partial charge in [-0.25, -0.2) is 0 Å². The molecule has 5 heteroatoms. The maximum atomic E-state index is 10.4. The van der Waals surface area contributed by atoms with Crippen molar-refractivity contribution in [2.24, 2.45) is 0 Å². The molecule has 0 spiro atoms. The normalized spacial score (nSPS) is 11.7. The number of hydrogen-bond donors (Lipinski definition) is 1. The average molecular weight is 499 g/mol. The van der Waals surface area contributed by atoms with Gasteiger partial charge in [-0.1, -0.05) is 18.2 Å². The Kier molecular flexibility index (Phi) is 7.89. The zero-order chi connectivity index (χ0) is 24.6. The van der Waals surface area contributed by atoms with Crippen molar-refractivity contribution in [2.45, 2.75) is 4.90 Å². The van der Waals surface area contributed by atoms with Crippen LogP contribution >= 0.6 is 7.26 Å². The van der Waals surface area contributed by atoms with Gasteiger partial charge in [0.25, 0.3) is 10.1 Å². The van der Waals surface area contributed by atoms with Crippen LogP contribution in [0, 0.1) is 0 Å². The van der Waals surface area contributed by atoms with Gasteiger partial charge in [0, 0.05) is 0 Å². The molecule has 0 amide bonds. The Morgan fingerprint density at radius 1 is 0.400 bits per heavy atom. The summed E-state index contributed by atoms with van der Waals surface area (Å²) in [4.78, 5) is -0.0741. The van der Waals surface area contributed by atoms with Crippen LogP contribution in [0.15, 0.2) is 157 Å². The second kappa shape index (κ2) is 11.2. The molecule has 0 aromatic heterocycles. The molecule has 0 unspecified atom stereocenters. The summed E-state index contributed by atoms with van der Waals surface area (Å²) >= 11 is 0. The molecule has 1 N–H and O–H groups in total. The van der Waals surface area contributed by atoms with Gasteiger partial charge < -0.3 is 0 Å². The van der Waals surface area contributed by atoms with Gasteiger partial charge in [0.15, 0.2) is 0 Å². The van der Waals surface area contributed by atoms with Crippen molar-refractivity contribution in [1.82, 2.24) is 0 Å². The average Bonchev–Trinajstić information content (AvgIpc) is 2.92. The summed E-state index contributed by atoms with van der Waals surface area (Å²) in [6.07, 6.45) is 0. The number of hydrogen-bond acceptors (Lipinski definition) is 2. The summed E-state index contributed by atoms with van der Waals surface area (Å²) in [6, 6.07) is 51.4. The second-order valence-electron chi connectivity index (χ2n) is 8.00. The molecule has 0 bridgehead atoms. The molecule has 5 rings (SSSR count). The van der Waals surface area contributed by atoms with Gasteiger partial charge in [0.1, 0.15) is 0 Å². The summed E-state index contributed by atoms with van der Waals surface area (Å²) in [6.45, 7) is 0. The van der Waals surface area contributed by atoms with Gasteiger partial charge >= 0.3 is 150 Å². The molecule has 3 nitrogen and oxygen atoms in total. The Hall–Kier alpha value is -3.56. The SMILES string of the molecule is O=S(=O)(O)c1ccccc1.c1ccc([PH](c2ccccc2)(c2ccccc2)c2ccccc2)cc1. The standard InChI is InChI=1S/C24H21P.C6H6O3S/c1-5-13-21(14-6-1)25(22-15-7-2-8-16-22,23-17-9-3-10-18-23)24-19-11-4-12-20-24;7-10(8,9)6-4-2-1-3-5-6/h1-20,25H;1-5H,(H,7,8,9). The van der Waals surface area contributed by atoms with Crippen molar-refractivity contribution in [3.05, 3.63) is 152 Å². The zero-order valence-corrected chi connectivity index (χ0v) is 20.9. The molecule has 5 aromatic rings. The van der Waals surface area contributed by atoms with E-state index in [1.165, 1.54) is 33.4 Å². The third-order valence-corrected chi connectivity index (χ3v) is 11.5. The van der Waals surface area contributed by atoms with Gasteiger partial charge in [0.2, 0.25) is 0 Å². The van der Waals surface area contributed by atoms with E-state index in [1.807, 2.05) is 0 Å². The number of benzene rings is 5. The van der Waals surface area contributed by atoms with Crippen molar-refractivity contribution in [1.29, 1.82) is 0 Å². The van der Waals surface area contributed by atoms with Crippen molar-refractivity contribution >= 4 is 38.6 Å². The van der Waals surface area contributed by atoms with E-state index in [0.717, 1.165) is 0 Å². The van der Waals surface area contributed by atoms with E-state index in [0.29, 0.717) is 0 Å². The first-order valence-electron chi connectivity index (χ1n) is 11.3. The molecule has 35 heavy (non-hydrogen) atoms. The Labute approximate surface area is 207 Å². The first-order chi connectivity index (χ1) is 17.0. The van der Waals surface area contributed by atoms with E-state index >= 15 is 0 Å². The third-order valence-electron chi connectivity index (χ3n) is 5.87. The summed E-state index contributed by atoms with van der Waals surface area (Å²) in [5.41, 5.74) is 0. The van der Waals surface area contributed by atoms with E-state index in [-0.39, 0.29) is 4.90 Å². The monoisotopic (exact) mass is 498 g/mol. The topological polar surface area (TPSA) is 54.4 Å². The molecule has 5 aromatic carbocycles. The Balaban J connectivity index is 0.000000243. The quantitative estimate of drug-likeness (QED) is 0.275. The van der Waals surface area contributed by atoms with Crippen LogP contribution in [-0.4, -0.2) is 13.0 Å². The molecular formula is C30H27O3PS. The van der Waals surface area contributed by atoms with Crippen molar-refractivity contribution in [2.75, 3.05) is 0 Å². The molecule has 0 aliphatic heterocycles. The van der Waals surface area contributed by atoms with E-state index < -0.39 is 17.4 Å². The van der Waals surface area contributed by atoms with E-state index in [9.17, 15) is 8.42 Å². The van der Waals surface area contributed by atoms with E-state index in [1.54, 1.807) is 18.2 Å². The molecule has 0 aliphatic carbocycles. The third kappa shape index (κ3) is 5.58. The van der Waals surface area contributed by atoms with Crippen molar-refractivity contribution in [3.63, 3.8) is 0 Å². The van der Waals surface area contributed by atoms with Crippen LogP contribution in [0.5, 0.6) is 0 Å². The van der Waals surface area contributed by atoms with Crippen molar-refractivity contribution in [3.8, 4) is 0 Å². The molecule has 0 saturated heterocycles. The van der Waals surface area contributed by atoms with Gasteiger partial charge in [0.05, 0.1) is 4.90 Å². The summed E-state index contributed by atoms with van der Waals surface area (Å²) in [7, 11) is -6.30. The molecule has 176 valence electrons. The Morgan fingerprint density at radius 3 is 0.829 bits per heavy atom. The van der Waals surface area contributed by atoms with Gasteiger partial charge in [-0.3, -0.25) is 4.55 Å². The van der Waals surface area contributed by atoms with Crippen LogP contribution in [0.25, 0.3) is 0 Å². The first-order valence-corrected chi connectivity index (χ1v) is 14.7. The Bertz CT molecular complexity index is 1260. The van der Waals surface area contributed by atoms with Crippen molar-refractivity contribution < 1.29 is 13.0 Å². The molecule has 0 heterocycles. The van der Waals surface area contributed by atoms with Crippen LogP contribution in [-0.2, 0) is 10.1 Å². The molecule has 0 radical (unpaired) electrons. The molecule has 0 aliphatic rings. The van der Waals surface area contributed by atoms with Crippen LogP contribution in [0.3, 0.4) is 0 Å². The van der Waals surface area contributed by atoms with Crippen LogP contribution in [0.1, 0.15) is 0 Å². The fraction of sp³-hybridized carbons (Fsp3) is 0. The van der Waals surface area contributed by atoms with Crippen LogP contribution < -0.4 is 21.2 Å². The predicted molar refractivity (Wildman–Crippen MR) is 149 cm³/mol. The minimum atomic E-state index is -4.00. The summed E-state index contributed by atoms with van der Waals surface area (Å²) in [5.74, 6) is 0. The van der Waals surface area contributed by atoms with Gasteiger partial charge in [-0.2, -0.15) is 8.42 Å². The fourth-order valence-electron chi connectivity index (χ4n) is 4.35. The molecule has 0 atom stereocenters. The van der Waals surface area contributed by atoms with Crippen LogP contribution in [0.4, 0.5) is 0 Å². The predicted octanol–water partition coefficient (Wildman–Crippen LogP) is 4.97.